The lowest BCUT2D eigenvalue weighted by Crippen LogP contribution is -2.41. The van der Waals surface area contributed by atoms with Gasteiger partial charge in [-0.3, -0.25) is 24.6 Å². The summed E-state index contributed by atoms with van der Waals surface area (Å²) >= 11 is 1.29. The molecular weight excluding hydrogens is 649 g/mol. The van der Waals surface area contributed by atoms with Gasteiger partial charge in [0.2, 0.25) is 0 Å². The van der Waals surface area contributed by atoms with E-state index in [2.05, 4.69) is 44.7 Å². The monoisotopic (exact) mass is 691 g/mol. The molecule has 49 heavy (non-hydrogen) atoms. The standard InChI is InChI=1S/C34H42FN9O4S/c1-21(2)5-10-28-29(33(47)37-11-12-44-13-15-48-16-14-44)40-34(49-28)41-32(46)27-18-25(20-43(27)4)39-31(45)26-17-24(19-42(26)3)38-30(36)22-6-8-23(35)9-7-22/h6-9,17-21H,5,10-16H2,1-4H3,(H2,36,38)(H,37,47)(H,39,45)(H,40,41,46). The molecule has 3 amide bonds. The van der Waals surface area contributed by atoms with Crippen molar-refractivity contribution in [1.82, 2.24) is 24.3 Å². The molecule has 3 aromatic heterocycles. The van der Waals surface area contributed by atoms with Crippen molar-refractivity contribution in [3.63, 3.8) is 0 Å². The zero-order valence-corrected chi connectivity index (χ0v) is 28.9. The summed E-state index contributed by atoms with van der Waals surface area (Å²) in [6.45, 7) is 8.51. The molecule has 1 saturated heterocycles. The van der Waals surface area contributed by atoms with E-state index in [-0.39, 0.29) is 23.3 Å². The van der Waals surface area contributed by atoms with Crippen molar-refractivity contribution in [2.75, 3.05) is 50.0 Å². The maximum atomic E-state index is 13.4. The first-order valence-electron chi connectivity index (χ1n) is 16.1. The van der Waals surface area contributed by atoms with Crippen LogP contribution in [0, 0.1) is 11.7 Å². The molecule has 1 aliphatic rings. The van der Waals surface area contributed by atoms with E-state index in [4.69, 9.17) is 10.5 Å². The van der Waals surface area contributed by atoms with E-state index in [0.717, 1.165) is 30.9 Å². The molecule has 15 heteroatoms. The average molecular weight is 692 g/mol. The number of rotatable bonds is 13. The number of amidine groups is 1. The average Bonchev–Trinajstić information content (AvgIpc) is 3.76. The Balaban J connectivity index is 1.23. The van der Waals surface area contributed by atoms with Crippen LogP contribution in [0.1, 0.15) is 62.2 Å². The van der Waals surface area contributed by atoms with Crippen LogP contribution < -0.4 is 21.7 Å². The molecule has 0 aliphatic carbocycles. The fourth-order valence-electron chi connectivity index (χ4n) is 5.28. The van der Waals surface area contributed by atoms with Crippen LogP contribution in [0.5, 0.6) is 0 Å². The Morgan fingerprint density at radius 3 is 2.39 bits per heavy atom. The van der Waals surface area contributed by atoms with Crippen LogP contribution in [0.4, 0.5) is 20.9 Å². The fourth-order valence-corrected chi connectivity index (χ4v) is 6.25. The fraction of sp³-hybridized carbons (Fsp3) is 0.382. The van der Waals surface area contributed by atoms with Gasteiger partial charge in [-0.05, 0) is 55.2 Å². The number of nitrogens with two attached hydrogens (primary N) is 1. The van der Waals surface area contributed by atoms with E-state index < -0.39 is 11.8 Å². The van der Waals surface area contributed by atoms with Gasteiger partial charge in [0.1, 0.15) is 28.7 Å². The van der Waals surface area contributed by atoms with E-state index in [0.29, 0.717) is 65.6 Å². The second-order valence-electron chi connectivity index (χ2n) is 12.3. The van der Waals surface area contributed by atoms with Crippen molar-refractivity contribution in [2.24, 2.45) is 30.7 Å². The third kappa shape index (κ3) is 9.40. The number of carbonyl (C=O) groups excluding carboxylic acids is 3. The third-order valence-corrected chi connectivity index (χ3v) is 9.04. The number of morpholine rings is 1. The number of amides is 3. The van der Waals surface area contributed by atoms with Crippen LogP contribution in [0.2, 0.25) is 0 Å². The van der Waals surface area contributed by atoms with Gasteiger partial charge in [-0.2, -0.15) is 0 Å². The predicted molar refractivity (Wildman–Crippen MR) is 188 cm³/mol. The van der Waals surface area contributed by atoms with Crippen molar-refractivity contribution < 1.29 is 23.5 Å². The van der Waals surface area contributed by atoms with E-state index >= 15 is 0 Å². The number of carbonyl (C=O) groups is 3. The number of benzene rings is 1. The summed E-state index contributed by atoms with van der Waals surface area (Å²) in [5.41, 5.74) is 8.42. The quantitative estimate of drug-likeness (QED) is 0.121. The molecule has 1 aliphatic heterocycles. The molecule has 13 nitrogen and oxygen atoms in total. The number of nitrogens with zero attached hydrogens (tertiary/aromatic N) is 5. The van der Waals surface area contributed by atoms with E-state index in [9.17, 15) is 18.8 Å². The van der Waals surface area contributed by atoms with Gasteiger partial charge < -0.3 is 30.2 Å². The minimum atomic E-state index is -0.432. The highest BCUT2D eigenvalue weighted by molar-refractivity contribution is 7.16. The Bertz CT molecular complexity index is 1820. The number of nitrogens with one attached hydrogen (secondary N) is 3. The second-order valence-corrected chi connectivity index (χ2v) is 13.3. The second kappa shape index (κ2) is 16.0. The number of anilines is 2. The largest absolute Gasteiger partial charge is 0.383 e. The molecule has 4 aromatic rings. The molecule has 0 bridgehead atoms. The maximum absolute atomic E-state index is 13.4. The zero-order valence-electron chi connectivity index (χ0n) is 28.1. The Labute approximate surface area is 288 Å². The summed E-state index contributed by atoms with van der Waals surface area (Å²) in [6.07, 6.45) is 4.83. The van der Waals surface area contributed by atoms with Crippen molar-refractivity contribution in [1.29, 1.82) is 0 Å². The molecule has 0 radical (unpaired) electrons. The Kier molecular flexibility index (Phi) is 11.6. The molecule has 5 rings (SSSR count). The lowest BCUT2D eigenvalue weighted by atomic mass is 10.1. The van der Waals surface area contributed by atoms with E-state index in [1.807, 2.05) is 0 Å². The van der Waals surface area contributed by atoms with Crippen LogP contribution in [-0.4, -0.2) is 82.0 Å². The summed E-state index contributed by atoms with van der Waals surface area (Å²) < 4.78 is 21.9. The van der Waals surface area contributed by atoms with Crippen LogP contribution in [0.25, 0.3) is 0 Å². The Hall–Kier alpha value is -4.86. The first-order chi connectivity index (χ1) is 23.5. The summed E-state index contributed by atoms with van der Waals surface area (Å²) in [5, 5.41) is 8.96. The minimum absolute atomic E-state index is 0.181. The lowest BCUT2D eigenvalue weighted by Gasteiger charge is -2.26. The summed E-state index contributed by atoms with van der Waals surface area (Å²) in [6, 6.07) is 8.79. The normalized spacial score (nSPS) is 13.9. The summed E-state index contributed by atoms with van der Waals surface area (Å²) in [5.74, 6) is -0.876. The molecule has 0 saturated carbocycles. The minimum Gasteiger partial charge on any atom is -0.383 e. The van der Waals surface area contributed by atoms with E-state index in [1.54, 1.807) is 47.8 Å². The van der Waals surface area contributed by atoms with Crippen LogP contribution in [0.15, 0.2) is 53.8 Å². The van der Waals surface area contributed by atoms with Crippen LogP contribution >= 0.6 is 11.3 Å². The van der Waals surface area contributed by atoms with Gasteiger partial charge in [-0.25, -0.2) is 14.4 Å². The van der Waals surface area contributed by atoms with E-state index in [1.165, 1.54) is 35.6 Å². The topological polar surface area (TPSA) is 161 Å². The molecule has 0 spiro atoms. The van der Waals surface area contributed by atoms with Crippen molar-refractivity contribution in [3.8, 4) is 0 Å². The van der Waals surface area contributed by atoms with Crippen molar-refractivity contribution in [3.05, 3.63) is 82.1 Å². The molecule has 1 aromatic carbocycles. The van der Waals surface area contributed by atoms with Gasteiger partial charge in [0, 0.05) is 63.1 Å². The maximum Gasteiger partial charge on any atom is 0.274 e. The number of thiazole rings is 1. The zero-order chi connectivity index (χ0) is 35.1. The van der Waals surface area contributed by atoms with Crippen molar-refractivity contribution >= 4 is 51.4 Å². The number of aryl methyl sites for hydroxylation is 3. The Morgan fingerprint density at radius 1 is 1.00 bits per heavy atom. The Morgan fingerprint density at radius 2 is 1.67 bits per heavy atom. The molecule has 0 atom stereocenters. The molecule has 4 heterocycles. The molecule has 5 N–H and O–H groups in total. The predicted octanol–water partition coefficient (Wildman–Crippen LogP) is 4.15. The highest BCUT2D eigenvalue weighted by Gasteiger charge is 2.22. The van der Waals surface area contributed by atoms with Gasteiger partial charge in [0.15, 0.2) is 5.13 Å². The van der Waals surface area contributed by atoms with Gasteiger partial charge >= 0.3 is 0 Å². The molecular formula is C34H42FN9O4S. The van der Waals surface area contributed by atoms with Gasteiger partial charge in [0.05, 0.1) is 24.6 Å². The first-order valence-corrected chi connectivity index (χ1v) is 16.9. The molecule has 1 fully saturated rings. The van der Waals surface area contributed by atoms with Gasteiger partial charge in [-0.1, -0.05) is 13.8 Å². The highest BCUT2D eigenvalue weighted by Crippen LogP contribution is 2.27. The SMILES string of the molecule is CC(C)CCc1sc(NC(=O)c2cc(NC(=O)c3cc(N=C(N)c4ccc(F)cc4)cn3C)cn2C)nc1C(=O)NCCN1CCOCC1. The third-order valence-electron chi connectivity index (χ3n) is 8.01. The lowest BCUT2D eigenvalue weighted by molar-refractivity contribution is 0.0383. The van der Waals surface area contributed by atoms with Gasteiger partial charge in [-0.15, -0.1) is 11.3 Å². The first kappa shape index (κ1) is 35.4. The summed E-state index contributed by atoms with van der Waals surface area (Å²) in [4.78, 5) is 51.6. The van der Waals surface area contributed by atoms with Gasteiger partial charge in [0.25, 0.3) is 17.7 Å². The number of aromatic nitrogens is 3. The highest BCUT2D eigenvalue weighted by atomic mass is 32.1. The van der Waals surface area contributed by atoms with Crippen molar-refractivity contribution in [2.45, 2.75) is 26.7 Å². The summed E-state index contributed by atoms with van der Waals surface area (Å²) in [7, 11) is 3.40. The number of hydrogen-bond acceptors (Lipinski definition) is 8. The van der Waals surface area contributed by atoms with Crippen LogP contribution in [-0.2, 0) is 25.3 Å². The molecule has 0 unspecified atom stereocenters. The number of ether oxygens (including phenoxy) is 1. The number of aliphatic imine (C=N–C) groups is 1. The smallest absolute Gasteiger partial charge is 0.274 e. The number of halogens is 1. The number of hydrogen-bond donors (Lipinski definition) is 4. The molecule has 260 valence electrons. The van der Waals surface area contributed by atoms with Crippen LogP contribution in [0.3, 0.4) is 0 Å².